The molecule has 1 heterocycles. The molecule has 0 saturated carbocycles. The van der Waals surface area contributed by atoms with E-state index in [0.717, 1.165) is 23.0 Å². The molecule has 0 radical (unpaired) electrons. The average Bonchev–Trinajstić information content (AvgIpc) is 3.01. The number of fused-ring (bicyclic) bond motifs is 1. The van der Waals surface area contributed by atoms with Gasteiger partial charge in [-0.25, -0.2) is 9.48 Å². The second-order valence-corrected chi connectivity index (χ2v) is 4.87. The minimum absolute atomic E-state index is 0.240. The molecule has 0 spiro atoms. The van der Waals surface area contributed by atoms with E-state index in [4.69, 9.17) is 4.74 Å². The molecule has 2 aromatic carbocycles. The number of ether oxygens (including phenoxy) is 1. The van der Waals surface area contributed by atoms with Crippen LogP contribution >= 0.6 is 0 Å². The third-order valence-corrected chi connectivity index (χ3v) is 3.44. The summed E-state index contributed by atoms with van der Waals surface area (Å²) in [7, 11) is 0. The van der Waals surface area contributed by atoms with Gasteiger partial charge in [0.05, 0.1) is 12.1 Å². The van der Waals surface area contributed by atoms with E-state index >= 15 is 0 Å². The van der Waals surface area contributed by atoms with E-state index in [1.54, 1.807) is 10.7 Å². The number of aromatic nitrogens is 4. The predicted octanol–water partition coefficient (Wildman–Crippen LogP) is 2.25. The number of nitrogens with zero attached hydrogens (tertiary/aromatic N) is 4. The maximum Gasteiger partial charge on any atom is 0.338 e. The van der Waals surface area contributed by atoms with Crippen LogP contribution in [0.25, 0.3) is 10.8 Å². The molecule has 6 heteroatoms. The van der Waals surface area contributed by atoms with Gasteiger partial charge < -0.3 is 4.74 Å². The lowest BCUT2D eigenvalue weighted by Gasteiger charge is -2.06. The average molecular weight is 296 g/mol. The van der Waals surface area contributed by atoms with Crippen LogP contribution in [0.15, 0.2) is 42.5 Å². The number of carbonyl (C=O) groups excluding carboxylic acids is 1. The van der Waals surface area contributed by atoms with Crippen molar-refractivity contribution in [2.24, 2.45) is 0 Å². The van der Waals surface area contributed by atoms with Crippen LogP contribution in [-0.2, 0) is 17.7 Å². The van der Waals surface area contributed by atoms with Crippen LogP contribution in [-0.4, -0.2) is 32.8 Å². The van der Waals surface area contributed by atoms with Gasteiger partial charge in [0.2, 0.25) is 0 Å². The Morgan fingerprint density at radius 2 is 2.00 bits per heavy atom. The first-order valence-corrected chi connectivity index (χ1v) is 7.19. The quantitative estimate of drug-likeness (QED) is 0.675. The third kappa shape index (κ3) is 2.95. The first-order chi connectivity index (χ1) is 10.8. The van der Waals surface area contributed by atoms with E-state index < -0.39 is 0 Å². The SMILES string of the molecule is CCc1nnnn1CCOC(=O)c1ccc2ccccc2c1. The van der Waals surface area contributed by atoms with E-state index in [-0.39, 0.29) is 12.6 Å². The van der Waals surface area contributed by atoms with Crippen molar-refractivity contribution in [3.8, 4) is 0 Å². The highest BCUT2D eigenvalue weighted by molar-refractivity contribution is 5.95. The second kappa shape index (κ2) is 6.34. The van der Waals surface area contributed by atoms with Gasteiger partial charge in [0.25, 0.3) is 0 Å². The van der Waals surface area contributed by atoms with Crippen molar-refractivity contribution < 1.29 is 9.53 Å². The number of carbonyl (C=O) groups is 1. The Labute approximate surface area is 127 Å². The monoisotopic (exact) mass is 296 g/mol. The summed E-state index contributed by atoms with van der Waals surface area (Å²) in [4.78, 5) is 12.1. The smallest absolute Gasteiger partial charge is 0.338 e. The summed E-state index contributed by atoms with van der Waals surface area (Å²) < 4.78 is 6.94. The van der Waals surface area contributed by atoms with Gasteiger partial charge in [-0.2, -0.15) is 0 Å². The Bertz CT molecular complexity index is 797. The molecule has 3 aromatic rings. The van der Waals surface area contributed by atoms with Crippen molar-refractivity contribution in [1.82, 2.24) is 20.2 Å². The Morgan fingerprint density at radius 3 is 2.82 bits per heavy atom. The fraction of sp³-hybridized carbons (Fsp3) is 0.250. The molecule has 0 atom stereocenters. The highest BCUT2D eigenvalue weighted by Crippen LogP contribution is 2.16. The zero-order valence-corrected chi connectivity index (χ0v) is 12.3. The summed E-state index contributed by atoms with van der Waals surface area (Å²) in [6.45, 7) is 2.67. The zero-order valence-electron chi connectivity index (χ0n) is 12.3. The maximum atomic E-state index is 12.1. The van der Waals surface area contributed by atoms with E-state index in [1.807, 2.05) is 43.3 Å². The van der Waals surface area contributed by atoms with Crippen LogP contribution in [0.3, 0.4) is 0 Å². The summed E-state index contributed by atoms with van der Waals surface area (Å²) in [6.07, 6.45) is 0.742. The highest BCUT2D eigenvalue weighted by Gasteiger charge is 2.09. The van der Waals surface area contributed by atoms with Gasteiger partial charge >= 0.3 is 5.97 Å². The maximum absolute atomic E-state index is 12.1. The van der Waals surface area contributed by atoms with E-state index in [1.165, 1.54) is 0 Å². The molecule has 22 heavy (non-hydrogen) atoms. The molecule has 112 valence electrons. The fourth-order valence-electron chi connectivity index (χ4n) is 2.27. The van der Waals surface area contributed by atoms with Gasteiger partial charge in [-0.1, -0.05) is 37.3 Å². The standard InChI is InChI=1S/C16H16N4O2/c1-2-15-17-18-19-20(15)9-10-22-16(21)14-8-7-12-5-3-4-6-13(12)11-14/h3-8,11H,2,9-10H2,1H3. The van der Waals surface area contributed by atoms with Crippen molar-refractivity contribution >= 4 is 16.7 Å². The van der Waals surface area contributed by atoms with Crippen molar-refractivity contribution in [3.05, 3.63) is 53.9 Å². The molecule has 1 aromatic heterocycles. The van der Waals surface area contributed by atoms with Crippen LogP contribution in [0, 0.1) is 0 Å². The number of tetrazole rings is 1. The molecule has 0 aliphatic heterocycles. The normalized spacial score (nSPS) is 10.8. The lowest BCUT2D eigenvalue weighted by molar-refractivity contribution is 0.0486. The van der Waals surface area contributed by atoms with Crippen LogP contribution < -0.4 is 0 Å². The molecular weight excluding hydrogens is 280 g/mol. The summed E-state index contributed by atoms with van der Waals surface area (Å²) in [5, 5.41) is 13.5. The van der Waals surface area contributed by atoms with Gasteiger partial charge in [0.15, 0.2) is 5.82 Å². The highest BCUT2D eigenvalue weighted by atomic mass is 16.5. The Kier molecular flexibility index (Phi) is 4.09. The molecule has 0 amide bonds. The van der Waals surface area contributed by atoms with Crippen molar-refractivity contribution in [3.63, 3.8) is 0 Å². The molecular formula is C16H16N4O2. The first kappa shape index (κ1) is 14.2. The first-order valence-electron chi connectivity index (χ1n) is 7.19. The molecule has 0 fully saturated rings. The molecule has 0 bridgehead atoms. The van der Waals surface area contributed by atoms with Crippen LogP contribution in [0.2, 0.25) is 0 Å². The summed E-state index contributed by atoms with van der Waals surface area (Å²) >= 11 is 0. The third-order valence-electron chi connectivity index (χ3n) is 3.44. The van der Waals surface area contributed by atoms with Crippen molar-refractivity contribution in [2.45, 2.75) is 19.9 Å². The number of hydrogen-bond acceptors (Lipinski definition) is 5. The lowest BCUT2D eigenvalue weighted by Crippen LogP contribution is -2.14. The second-order valence-electron chi connectivity index (χ2n) is 4.87. The van der Waals surface area contributed by atoms with Gasteiger partial charge in [-0.05, 0) is 33.3 Å². The molecule has 6 nitrogen and oxygen atoms in total. The number of esters is 1. The Morgan fingerprint density at radius 1 is 1.18 bits per heavy atom. The topological polar surface area (TPSA) is 69.9 Å². The Balaban J connectivity index is 1.63. The lowest BCUT2D eigenvalue weighted by atomic mass is 10.1. The molecule has 0 saturated heterocycles. The van der Waals surface area contributed by atoms with Gasteiger partial charge in [0.1, 0.15) is 6.61 Å². The van der Waals surface area contributed by atoms with Crippen LogP contribution in [0.5, 0.6) is 0 Å². The summed E-state index contributed by atoms with van der Waals surface area (Å²) in [5.74, 6) is 0.443. The zero-order chi connectivity index (χ0) is 15.4. The fourth-order valence-corrected chi connectivity index (χ4v) is 2.27. The van der Waals surface area contributed by atoms with E-state index in [2.05, 4.69) is 15.5 Å². The van der Waals surface area contributed by atoms with Gasteiger partial charge in [-0.15, -0.1) is 5.10 Å². The van der Waals surface area contributed by atoms with Crippen molar-refractivity contribution in [1.29, 1.82) is 0 Å². The summed E-state index contributed by atoms with van der Waals surface area (Å²) in [6, 6.07) is 13.4. The Hall–Kier alpha value is -2.76. The van der Waals surface area contributed by atoms with Crippen LogP contribution in [0.1, 0.15) is 23.1 Å². The van der Waals surface area contributed by atoms with Crippen LogP contribution in [0.4, 0.5) is 0 Å². The summed E-state index contributed by atoms with van der Waals surface area (Å²) in [5.41, 5.74) is 0.547. The van der Waals surface area contributed by atoms with Gasteiger partial charge in [0, 0.05) is 6.42 Å². The van der Waals surface area contributed by atoms with E-state index in [0.29, 0.717) is 12.1 Å². The minimum Gasteiger partial charge on any atom is -0.460 e. The predicted molar refractivity (Wildman–Crippen MR) is 81.4 cm³/mol. The number of hydrogen-bond donors (Lipinski definition) is 0. The molecule has 3 rings (SSSR count). The largest absolute Gasteiger partial charge is 0.460 e. The molecule has 0 N–H and O–H groups in total. The van der Waals surface area contributed by atoms with E-state index in [9.17, 15) is 4.79 Å². The molecule has 0 unspecified atom stereocenters. The van der Waals surface area contributed by atoms with Crippen molar-refractivity contribution in [2.75, 3.05) is 6.61 Å². The number of rotatable bonds is 5. The molecule has 0 aliphatic carbocycles. The van der Waals surface area contributed by atoms with Gasteiger partial charge in [-0.3, -0.25) is 0 Å². The molecule has 0 aliphatic rings. The number of benzene rings is 2. The minimum atomic E-state index is -0.336. The number of aryl methyl sites for hydroxylation is 1.